The molecule has 0 unspecified atom stereocenters. The second-order valence-corrected chi connectivity index (χ2v) is 4.91. The number of nitrogens with zero attached hydrogens (tertiary/aromatic N) is 3. The molecule has 0 spiro atoms. The van der Waals surface area contributed by atoms with Crippen LogP contribution in [0.5, 0.6) is 0 Å². The van der Waals surface area contributed by atoms with Crippen molar-refractivity contribution in [3.05, 3.63) is 60.0 Å². The maximum Gasteiger partial charge on any atom is 0.253 e. The summed E-state index contributed by atoms with van der Waals surface area (Å²) in [6.45, 7) is 0.577. The summed E-state index contributed by atoms with van der Waals surface area (Å²) in [6, 6.07) is 9.45. The SMILES string of the molecule is Cn1cc(CCNC(=O)c2cccc3cccnc23)cn1. The summed E-state index contributed by atoms with van der Waals surface area (Å²) in [5, 5.41) is 8.01. The van der Waals surface area contributed by atoms with E-state index in [1.54, 1.807) is 16.9 Å². The Bertz CT molecular complexity index is 773. The van der Waals surface area contributed by atoms with E-state index in [1.807, 2.05) is 43.7 Å². The summed E-state index contributed by atoms with van der Waals surface area (Å²) in [5.41, 5.74) is 2.45. The quantitative estimate of drug-likeness (QED) is 0.794. The minimum absolute atomic E-state index is 0.0943. The van der Waals surface area contributed by atoms with Crippen molar-refractivity contribution in [2.45, 2.75) is 6.42 Å². The monoisotopic (exact) mass is 280 g/mol. The van der Waals surface area contributed by atoms with Crippen molar-refractivity contribution in [3.8, 4) is 0 Å². The van der Waals surface area contributed by atoms with Crippen LogP contribution >= 0.6 is 0 Å². The fourth-order valence-corrected chi connectivity index (χ4v) is 2.30. The maximum absolute atomic E-state index is 12.3. The molecule has 3 aromatic rings. The van der Waals surface area contributed by atoms with Crippen molar-refractivity contribution < 1.29 is 4.79 Å². The Morgan fingerprint density at radius 3 is 2.95 bits per heavy atom. The van der Waals surface area contributed by atoms with E-state index in [1.165, 1.54) is 0 Å². The van der Waals surface area contributed by atoms with Crippen LogP contribution in [-0.2, 0) is 13.5 Å². The molecule has 0 atom stereocenters. The minimum Gasteiger partial charge on any atom is -0.352 e. The van der Waals surface area contributed by atoms with Crippen LogP contribution < -0.4 is 5.32 Å². The molecule has 1 amide bonds. The third kappa shape index (κ3) is 2.91. The average Bonchev–Trinajstić information content (AvgIpc) is 2.92. The topological polar surface area (TPSA) is 59.8 Å². The predicted octanol–water partition coefficient (Wildman–Crippen LogP) is 1.94. The van der Waals surface area contributed by atoms with Crippen LogP contribution in [0.3, 0.4) is 0 Å². The van der Waals surface area contributed by atoms with Crippen molar-refractivity contribution >= 4 is 16.8 Å². The largest absolute Gasteiger partial charge is 0.352 e. The lowest BCUT2D eigenvalue weighted by Crippen LogP contribution is -2.26. The van der Waals surface area contributed by atoms with E-state index in [0.717, 1.165) is 22.9 Å². The number of benzene rings is 1. The van der Waals surface area contributed by atoms with Crippen LogP contribution in [0.2, 0.25) is 0 Å². The van der Waals surface area contributed by atoms with E-state index in [0.29, 0.717) is 12.1 Å². The summed E-state index contributed by atoms with van der Waals surface area (Å²) >= 11 is 0. The molecular weight excluding hydrogens is 264 g/mol. The number of nitrogens with one attached hydrogen (secondary N) is 1. The molecule has 0 saturated heterocycles. The number of amides is 1. The molecular formula is C16H16N4O. The first-order valence-electron chi connectivity index (χ1n) is 6.83. The van der Waals surface area contributed by atoms with E-state index < -0.39 is 0 Å². The van der Waals surface area contributed by atoms with E-state index in [-0.39, 0.29) is 5.91 Å². The Morgan fingerprint density at radius 2 is 2.14 bits per heavy atom. The second kappa shape index (κ2) is 5.75. The molecule has 106 valence electrons. The van der Waals surface area contributed by atoms with Gasteiger partial charge in [0.1, 0.15) is 0 Å². The van der Waals surface area contributed by atoms with Gasteiger partial charge in [-0.3, -0.25) is 14.5 Å². The lowest BCUT2D eigenvalue weighted by molar-refractivity contribution is 0.0955. The van der Waals surface area contributed by atoms with Crippen molar-refractivity contribution in [2.75, 3.05) is 6.54 Å². The molecule has 5 heteroatoms. The zero-order chi connectivity index (χ0) is 14.7. The number of fused-ring (bicyclic) bond motifs is 1. The second-order valence-electron chi connectivity index (χ2n) is 4.91. The molecule has 21 heavy (non-hydrogen) atoms. The molecule has 3 rings (SSSR count). The third-order valence-electron chi connectivity index (χ3n) is 3.33. The van der Waals surface area contributed by atoms with Gasteiger partial charge in [-0.25, -0.2) is 0 Å². The van der Waals surface area contributed by atoms with Gasteiger partial charge in [-0.1, -0.05) is 18.2 Å². The summed E-state index contributed by atoms with van der Waals surface area (Å²) in [6.07, 6.45) is 6.23. The number of aryl methyl sites for hydroxylation is 1. The highest BCUT2D eigenvalue weighted by Crippen LogP contribution is 2.15. The molecule has 0 aliphatic carbocycles. The summed E-state index contributed by atoms with van der Waals surface area (Å²) < 4.78 is 1.76. The first-order valence-corrected chi connectivity index (χ1v) is 6.83. The molecule has 0 saturated carbocycles. The van der Waals surface area contributed by atoms with E-state index in [4.69, 9.17) is 0 Å². The van der Waals surface area contributed by atoms with Gasteiger partial charge in [0, 0.05) is 31.4 Å². The molecule has 0 aliphatic heterocycles. The minimum atomic E-state index is -0.0943. The maximum atomic E-state index is 12.3. The molecule has 2 heterocycles. The van der Waals surface area contributed by atoms with Crippen LogP contribution in [0, 0.1) is 0 Å². The number of para-hydroxylation sites is 1. The van der Waals surface area contributed by atoms with Crippen molar-refractivity contribution in [3.63, 3.8) is 0 Å². The molecule has 1 aromatic carbocycles. The van der Waals surface area contributed by atoms with Gasteiger partial charge in [0.25, 0.3) is 5.91 Å². The fraction of sp³-hybridized carbons (Fsp3) is 0.188. The van der Waals surface area contributed by atoms with Gasteiger partial charge in [0.05, 0.1) is 17.3 Å². The number of hydrogen-bond donors (Lipinski definition) is 1. The van der Waals surface area contributed by atoms with E-state index in [9.17, 15) is 4.79 Å². The zero-order valence-corrected chi connectivity index (χ0v) is 11.8. The van der Waals surface area contributed by atoms with Crippen LogP contribution in [-0.4, -0.2) is 27.2 Å². The Balaban J connectivity index is 1.69. The molecule has 0 fully saturated rings. The first kappa shape index (κ1) is 13.3. The summed E-state index contributed by atoms with van der Waals surface area (Å²) in [7, 11) is 1.88. The molecule has 0 aliphatic rings. The highest BCUT2D eigenvalue weighted by atomic mass is 16.1. The molecule has 0 bridgehead atoms. The number of hydrogen-bond acceptors (Lipinski definition) is 3. The van der Waals surface area contributed by atoms with E-state index >= 15 is 0 Å². The Labute approximate surface area is 122 Å². The van der Waals surface area contributed by atoms with Crippen LogP contribution in [0.25, 0.3) is 10.9 Å². The van der Waals surface area contributed by atoms with Crippen LogP contribution in [0.1, 0.15) is 15.9 Å². The normalized spacial score (nSPS) is 10.7. The molecule has 2 aromatic heterocycles. The van der Waals surface area contributed by atoms with Gasteiger partial charge < -0.3 is 5.32 Å². The van der Waals surface area contributed by atoms with Crippen molar-refractivity contribution in [1.82, 2.24) is 20.1 Å². The van der Waals surface area contributed by atoms with Crippen molar-refractivity contribution in [1.29, 1.82) is 0 Å². The smallest absolute Gasteiger partial charge is 0.253 e. The van der Waals surface area contributed by atoms with Gasteiger partial charge in [-0.05, 0) is 24.1 Å². The molecule has 1 N–H and O–H groups in total. The van der Waals surface area contributed by atoms with Gasteiger partial charge in [-0.2, -0.15) is 5.10 Å². The number of carbonyl (C=O) groups is 1. The van der Waals surface area contributed by atoms with Crippen molar-refractivity contribution in [2.24, 2.45) is 7.05 Å². The average molecular weight is 280 g/mol. The van der Waals surface area contributed by atoms with Gasteiger partial charge >= 0.3 is 0 Å². The zero-order valence-electron chi connectivity index (χ0n) is 11.8. The van der Waals surface area contributed by atoms with Crippen LogP contribution in [0.15, 0.2) is 48.9 Å². The van der Waals surface area contributed by atoms with Gasteiger partial charge in [0.2, 0.25) is 0 Å². The molecule has 0 radical (unpaired) electrons. The standard InChI is InChI=1S/C16H16N4O/c1-20-11-12(10-19-20)7-9-18-16(21)14-6-2-4-13-5-3-8-17-15(13)14/h2-6,8,10-11H,7,9H2,1H3,(H,18,21). The Morgan fingerprint density at radius 1 is 1.29 bits per heavy atom. The number of aromatic nitrogens is 3. The Hall–Kier alpha value is -2.69. The fourth-order valence-electron chi connectivity index (χ4n) is 2.30. The van der Waals surface area contributed by atoms with Crippen LogP contribution in [0.4, 0.5) is 0 Å². The lowest BCUT2D eigenvalue weighted by Gasteiger charge is -2.06. The molecule has 5 nitrogen and oxygen atoms in total. The Kier molecular flexibility index (Phi) is 3.64. The summed E-state index contributed by atoms with van der Waals surface area (Å²) in [4.78, 5) is 16.6. The third-order valence-corrected chi connectivity index (χ3v) is 3.33. The highest BCUT2D eigenvalue weighted by molar-refractivity contribution is 6.05. The summed E-state index contributed by atoms with van der Waals surface area (Å²) in [5.74, 6) is -0.0943. The first-order chi connectivity index (χ1) is 10.2. The van der Waals surface area contributed by atoms with Gasteiger partial charge in [-0.15, -0.1) is 0 Å². The number of carbonyl (C=O) groups excluding carboxylic acids is 1. The van der Waals surface area contributed by atoms with Gasteiger partial charge in [0.15, 0.2) is 0 Å². The number of rotatable bonds is 4. The lowest BCUT2D eigenvalue weighted by atomic mass is 10.1. The number of pyridine rings is 1. The predicted molar refractivity (Wildman–Crippen MR) is 81.0 cm³/mol. The van der Waals surface area contributed by atoms with E-state index in [2.05, 4.69) is 15.4 Å². The highest BCUT2D eigenvalue weighted by Gasteiger charge is 2.10.